The number of thiazole rings is 1. The van der Waals surface area contributed by atoms with E-state index < -0.39 is 0 Å². The van der Waals surface area contributed by atoms with E-state index in [2.05, 4.69) is 58.7 Å². The summed E-state index contributed by atoms with van der Waals surface area (Å²) >= 11 is 1.73. The summed E-state index contributed by atoms with van der Waals surface area (Å²) in [6.07, 6.45) is 0. The third kappa shape index (κ3) is 2.51. The van der Waals surface area contributed by atoms with E-state index in [4.69, 9.17) is 0 Å². The zero-order chi connectivity index (χ0) is 13.2. The monoisotopic (exact) mass is 273 g/mol. The molecule has 0 amide bonds. The van der Waals surface area contributed by atoms with Gasteiger partial charge in [0.2, 0.25) is 0 Å². The highest BCUT2D eigenvalue weighted by Crippen LogP contribution is 2.30. The molecule has 1 N–H and O–H groups in total. The summed E-state index contributed by atoms with van der Waals surface area (Å²) < 4.78 is 0. The molecule has 1 aliphatic heterocycles. The SMILES string of the molecule is Cc1nc(C(C)N2CCNCc3ccccc32)cs1. The first-order valence-corrected chi connectivity index (χ1v) is 7.61. The molecule has 19 heavy (non-hydrogen) atoms. The van der Waals surface area contributed by atoms with E-state index in [1.54, 1.807) is 11.3 Å². The molecule has 0 fully saturated rings. The Bertz CT molecular complexity index is 564. The van der Waals surface area contributed by atoms with Gasteiger partial charge in [-0.3, -0.25) is 0 Å². The van der Waals surface area contributed by atoms with Crippen molar-refractivity contribution in [2.75, 3.05) is 18.0 Å². The number of aryl methyl sites for hydroxylation is 1. The fourth-order valence-electron chi connectivity index (χ4n) is 2.62. The topological polar surface area (TPSA) is 28.2 Å². The Hall–Kier alpha value is -1.39. The van der Waals surface area contributed by atoms with E-state index in [1.165, 1.54) is 16.9 Å². The number of hydrogen-bond donors (Lipinski definition) is 1. The highest BCUT2D eigenvalue weighted by atomic mass is 32.1. The van der Waals surface area contributed by atoms with Crippen LogP contribution >= 0.6 is 11.3 Å². The minimum Gasteiger partial charge on any atom is -0.362 e. The van der Waals surface area contributed by atoms with Crippen molar-refractivity contribution in [3.05, 3.63) is 45.9 Å². The van der Waals surface area contributed by atoms with Crippen molar-refractivity contribution in [2.24, 2.45) is 0 Å². The summed E-state index contributed by atoms with van der Waals surface area (Å²) in [6, 6.07) is 8.99. The summed E-state index contributed by atoms with van der Waals surface area (Å²) in [4.78, 5) is 7.11. The average molecular weight is 273 g/mol. The van der Waals surface area contributed by atoms with E-state index in [-0.39, 0.29) is 0 Å². The molecule has 1 atom stereocenters. The maximum Gasteiger partial charge on any atom is 0.0898 e. The van der Waals surface area contributed by atoms with Crippen LogP contribution in [-0.2, 0) is 6.54 Å². The molecule has 2 heterocycles. The van der Waals surface area contributed by atoms with Crippen LogP contribution in [0.2, 0.25) is 0 Å². The molecule has 0 spiro atoms. The summed E-state index contributed by atoms with van der Waals surface area (Å²) in [6.45, 7) is 7.31. The summed E-state index contributed by atoms with van der Waals surface area (Å²) in [5.74, 6) is 0. The van der Waals surface area contributed by atoms with Gasteiger partial charge in [0.1, 0.15) is 0 Å². The highest BCUT2D eigenvalue weighted by molar-refractivity contribution is 7.09. The molecule has 1 aliphatic rings. The first kappa shape index (κ1) is 12.6. The van der Waals surface area contributed by atoms with Crippen LogP contribution in [0.3, 0.4) is 0 Å². The highest BCUT2D eigenvalue weighted by Gasteiger charge is 2.22. The Morgan fingerprint density at radius 1 is 1.37 bits per heavy atom. The average Bonchev–Trinajstić information content (AvgIpc) is 2.74. The van der Waals surface area contributed by atoms with Gasteiger partial charge in [0.15, 0.2) is 0 Å². The quantitative estimate of drug-likeness (QED) is 0.911. The van der Waals surface area contributed by atoms with Crippen LogP contribution in [0.4, 0.5) is 5.69 Å². The van der Waals surface area contributed by atoms with Gasteiger partial charge in [-0.1, -0.05) is 18.2 Å². The fraction of sp³-hybridized carbons (Fsp3) is 0.400. The number of nitrogens with zero attached hydrogens (tertiary/aromatic N) is 2. The van der Waals surface area contributed by atoms with E-state index in [0.717, 1.165) is 24.6 Å². The summed E-state index contributed by atoms with van der Waals surface area (Å²) in [7, 11) is 0. The molecule has 0 radical (unpaired) electrons. The van der Waals surface area contributed by atoms with Crippen LogP contribution in [-0.4, -0.2) is 18.1 Å². The largest absolute Gasteiger partial charge is 0.362 e. The van der Waals surface area contributed by atoms with Gasteiger partial charge in [0, 0.05) is 30.7 Å². The molecule has 4 heteroatoms. The number of fused-ring (bicyclic) bond motifs is 1. The van der Waals surface area contributed by atoms with E-state index in [1.807, 2.05) is 0 Å². The molecule has 1 unspecified atom stereocenters. The van der Waals surface area contributed by atoms with Crippen LogP contribution in [0.5, 0.6) is 0 Å². The van der Waals surface area contributed by atoms with Gasteiger partial charge in [-0.15, -0.1) is 11.3 Å². The predicted octanol–water partition coefficient (Wildman–Crippen LogP) is 3.12. The standard InChI is InChI=1S/C15H19N3S/c1-11(14-10-19-12(2)17-14)18-8-7-16-9-13-5-3-4-6-15(13)18/h3-6,10-11,16H,7-9H2,1-2H3. The first-order chi connectivity index (χ1) is 9.25. The third-order valence-corrected chi connectivity index (χ3v) is 4.47. The van der Waals surface area contributed by atoms with Crippen molar-refractivity contribution < 1.29 is 0 Å². The maximum atomic E-state index is 4.65. The molecule has 0 saturated carbocycles. The van der Waals surface area contributed by atoms with Crippen molar-refractivity contribution in [1.29, 1.82) is 0 Å². The number of aromatic nitrogens is 1. The van der Waals surface area contributed by atoms with Crippen LogP contribution in [0, 0.1) is 6.92 Å². The van der Waals surface area contributed by atoms with Crippen LogP contribution in [0.1, 0.15) is 29.2 Å². The van der Waals surface area contributed by atoms with Gasteiger partial charge in [-0.25, -0.2) is 4.98 Å². The van der Waals surface area contributed by atoms with Crippen molar-refractivity contribution in [3.63, 3.8) is 0 Å². The lowest BCUT2D eigenvalue weighted by Gasteiger charge is -2.30. The Morgan fingerprint density at radius 3 is 3.00 bits per heavy atom. The first-order valence-electron chi connectivity index (χ1n) is 6.73. The van der Waals surface area contributed by atoms with Crippen molar-refractivity contribution in [3.8, 4) is 0 Å². The number of hydrogen-bond acceptors (Lipinski definition) is 4. The summed E-state index contributed by atoms with van der Waals surface area (Å²) in [5.41, 5.74) is 3.89. The van der Waals surface area contributed by atoms with Crippen LogP contribution in [0.15, 0.2) is 29.6 Å². The zero-order valence-electron chi connectivity index (χ0n) is 11.4. The molecule has 1 aromatic carbocycles. The van der Waals surface area contributed by atoms with Gasteiger partial charge in [0.25, 0.3) is 0 Å². The second-order valence-electron chi connectivity index (χ2n) is 4.97. The number of anilines is 1. The van der Waals surface area contributed by atoms with E-state index in [9.17, 15) is 0 Å². The van der Waals surface area contributed by atoms with Gasteiger partial charge in [-0.05, 0) is 25.5 Å². The molecule has 2 aromatic rings. The predicted molar refractivity (Wildman–Crippen MR) is 80.8 cm³/mol. The van der Waals surface area contributed by atoms with Crippen molar-refractivity contribution in [2.45, 2.75) is 26.4 Å². The van der Waals surface area contributed by atoms with E-state index in [0.29, 0.717) is 6.04 Å². The number of para-hydroxylation sites is 1. The minimum absolute atomic E-state index is 0.325. The fourth-order valence-corrected chi connectivity index (χ4v) is 3.32. The Labute approximate surface area is 118 Å². The molecule has 100 valence electrons. The lowest BCUT2D eigenvalue weighted by atomic mass is 10.1. The van der Waals surface area contributed by atoms with Crippen molar-refractivity contribution >= 4 is 17.0 Å². The van der Waals surface area contributed by atoms with Crippen LogP contribution in [0.25, 0.3) is 0 Å². The van der Waals surface area contributed by atoms with Gasteiger partial charge in [0.05, 0.1) is 16.7 Å². The van der Waals surface area contributed by atoms with Gasteiger partial charge >= 0.3 is 0 Å². The number of nitrogens with one attached hydrogen (secondary N) is 1. The Morgan fingerprint density at radius 2 is 2.21 bits per heavy atom. The molecular formula is C15H19N3S. The smallest absolute Gasteiger partial charge is 0.0898 e. The number of benzene rings is 1. The van der Waals surface area contributed by atoms with Gasteiger partial charge < -0.3 is 10.2 Å². The minimum atomic E-state index is 0.325. The molecule has 1 aromatic heterocycles. The molecule has 0 bridgehead atoms. The Balaban J connectivity index is 1.95. The van der Waals surface area contributed by atoms with Crippen LogP contribution < -0.4 is 10.2 Å². The van der Waals surface area contributed by atoms with E-state index >= 15 is 0 Å². The molecule has 0 aliphatic carbocycles. The second kappa shape index (κ2) is 5.31. The molecule has 3 rings (SSSR count). The molecular weight excluding hydrogens is 254 g/mol. The summed E-state index contributed by atoms with van der Waals surface area (Å²) in [5, 5.41) is 6.81. The Kier molecular flexibility index (Phi) is 3.53. The lowest BCUT2D eigenvalue weighted by molar-refractivity contribution is 0.630. The molecule has 3 nitrogen and oxygen atoms in total. The maximum absolute atomic E-state index is 4.65. The molecule has 0 saturated heterocycles. The second-order valence-corrected chi connectivity index (χ2v) is 6.03. The van der Waals surface area contributed by atoms with Gasteiger partial charge in [-0.2, -0.15) is 0 Å². The number of rotatable bonds is 2. The normalized spacial score (nSPS) is 16.8. The third-order valence-electron chi connectivity index (χ3n) is 3.68. The lowest BCUT2D eigenvalue weighted by Crippen LogP contribution is -2.31. The zero-order valence-corrected chi connectivity index (χ0v) is 12.2. The van der Waals surface area contributed by atoms with Crippen molar-refractivity contribution in [1.82, 2.24) is 10.3 Å².